The van der Waals surface area contributed by atoms with Crippen LogP contribution in [0.25, 0.3) is 0 Å². The standard InChI is InChI=1S/C17H17N3O5/c1-10-8-13(20-25-10)19-16(23)17(6-7-17)15(22)18-12-5-3-4-11(9-12)14(21)24-2/h3-5,8-9H,6-7H2,1-2H3,(H,18,22)(H,19,20,23). The molecular weight excluding hydrogens is 326 g/mol. The van der Waals surface area contributed by atoms with Gasteiger partial charge in [0, 0.05) is 11.8 Å². The fourth-order valence-corrected chi connectivity index (χ4v) is 2.44. The van der Waals surface area contributed by atoms with Crippen LogP contribution < -0.4 is 10.6 Å². The van der Waals surface area contributed by atoms with Gasteiger partial charge in [0.05, 0.1) is 12.7 Å². The van der Waals surface area contributed by atoms with Crippen molar-refractivity contribution in [2.75, 3.05) is 17.7 Å². The molecule has 0 radical (unpaired) electrons. The zero-order chi connectivity index (χ0) is 18.0. The molecule has 1 aliphatic carbocycles. The van der Waals surface area contributed by atoms with Crippen molar-refractivity contribution in [3.05, 3.63) is 41.7 Å². The number of esters is 1. The van der Waals surface area contributed by atoms with Gasteiger partial charge in [0.1, 0.15) is 11.2 Å². The minimum Gasteiger partial charge on any atom is -0.465 e. The number of methoxy groups -OCH3 is 1. The van der Waals surface area contributed by atoms with Gasteiger partial charge in [0.25, 0.3) is 0 Å². The normalized spacial score (nSPS) is 14.5. The van der Waals surface area contributed by atoms with Gasteiger partial charge >= 0.3 is 5.97 Å². The second kappa shape index (κ2) is 6.39. The summed E-state index contributed by atoms with van der Waals surface area (Å²) in [5.41, 5.74) is -0.398. The first-order chi connectivity index (χ1) is 11.9. The van der Waals surface area contributed by atoms with E-state index in [1.54, 1.807) is 31.2 Å². The van der Waals surface area contributed by atoms with Crippen molar-refractivity contribution in [2.24, 2.45) is 5.41 Å². The lowest BCUT2D eigenvalue weighted by Crippen LogP contribution is -2.35. The van der Waals surface area contributed by atoms with Gasteiger partial charge in [-0.25, -0.2) is 4.79 Å². The average molecular weight is 343 g/mol. The van der Waals surface area contributed by atoms with Crippen LogP contribution in [-0.2, 0) is 14.3 Å². The molecule has 3 rings (SSSR count). The minimum absolute atomic E-state index is 0.272. The predicted octanol–water partition coefficient (Wildman–Crippen LogP) is 2.13. The van der Waals surface area contributed by atoms with Crippen LogP contribution in [0.3, 0.4) is 0 Å². The Kier molecular flexibility index (Phi) is 4.26. The van der Waals surface area contributed by atoms with Gasteiger partial charge in [-0.2, -0.15) is 0 Å². The number of nitrogens with zero attached hydrogens (tertiary/aromatic N) is 1. The van der Waals surface area contributed by atoms with E-state index in [1.165, 1.54) is 13.2 Å². The van der Waals surface area contributed by atoms with Crippen molar-refractivity contribution in [1.29, 1.82) is 0 Å². The summed E-state index contributed by atoms with van der Waals surface area (Å²) in [6.07, 6.45) is 0.885. The molecule has 8 nitrogen and oxygen atoms in total. The maximum atomic E-state index is 12.6. The number of hydrogen-bond acceptors (Lipinski definition) is 6. The van der Waals surface area contributed by atoms with Gasteiger partial charge in [-0.1, -0.05) is 11.2 Å². The van der Waals surface area contributed by atoms with Crippen molar-refractivity contribution in [2.45, 2.75) is 19.8 Å². The molecule has 1 aromatic carbocycles. The van der Waals surface area contributed by atoms with Gasteiger partial charge in [-0.15, -0.1) is 0 Å². The predicted molar refractivity (Wildman–Crippen MR) is 87.9 cm³/mol. The van der Waals surface area contributed by atoms with E-state index in [4.69, 9.17) is 4.52 Å². The summed E-state index contributed by atoms with van der Waals surface area (Å²) in [5, 5.41) is 8.97. The van der Waals surface area contributed by atoms with E-state index in [0.717, 1.165) is 0 Å². The van der Waals surface area contributed by atoms with Crippen LogP contribution in [0.2, 0.25) is 0 Å². The number of benzene rings is 1. The van der Waals surface area contributed by atoms with Crippen LogP contribution in [-0.4, -0.2) is 30.1 Å². The van der Waals surface area contributed by atoms with Gasteiger partial charge in [0.15, 0.2) is 5.82 Å². The third-order valence-electron chi connectivity index (χ3n) is 4.03. The molecular formula is C17H17N3O5. The van der Waals surface area contributed by atoms with Crippen LogP contribution in [0.1, 0.15) is 29.0 Å². The monoisotopic (exact) mass is 343 g/mol. The topological polar surface area (TPSA) is 111 Å². The lowest BCUT2D eigenvalue weighted by molar-refractivity contribution is -0.131. The summed E-state index contributed by atoms with van der Waals surface area (Å²) in [5.74, 6) is -0.524. The number of anilines is 2. The molecule has 2 aromatic rings. The SMILES string of the molecule is COC(=O)c1cccc(NC(=O)C2(C(=O)Nc3cc(C)on3)CC2)c1. The van der Waals surface area contributed by atoms with E-state index < -0.39 is 23.2 Å². The van der Waals surface area contributed by atoms with E-state index in [1.807, 2.05) is 0 Å². The molecule has 1 fully saturated rings. The maximum absolute atomic E-state index is 12.6. The van der Waals surface area contributed by atoms with Crippen LogP contribution in [0, 0.1) is 12.3 Å². The molecule has 0 spiro atoms. The first-order valence-corrected chi connectivity index (χ1v) is 7.69. The van der Waals surface area contributed by atoms with Gasteiger partial charge in [0.2, 0.25) is 11.8 Å². The third-order valence-corrected chi connectivity index (χ3v) is 4.03. The molecule has 2 amide bonds. The Morgan fingerprint density at radius 3 is 2.48 bits per heavy atom. The molecule has 0 aliphatic heterocycles. The molecule has 0 unspecified atom stereocenters. The first-order valence-electron chi connectivity index (χ1n) is 7.69. The van der Waals surface area contributed by atoms with Gasteiger partial charge in [-0.05, 0) is 38.0 Å². The molecule has 130 valence electrons. The fraction of sp³-hybridized carbons (Fsp3) is 0.294. The quantitative estimate of drug-likeness (QED) is 0.635. The summed E-state index contributed by atoms with van der Waals surface area (Å²) in [6.45, 7) is 1.70. The number of amides is 2. The van der Waals surface area contributed by atoms with E-state index in [2.05, 4.69) is 20.5 Å². The van der Waals surface area contributed by atoms with E-state index >= 15 is 0 Å². The number of nitrogens with one attached hydrogen (secondary N) is 2. The summed E-state index contributed by atoms with van der Waals surface area (Å²) in [6, 6.07) is 7.91. The Balaban J connectivity index is 1.70. The highest BCUT2D eigenvalue weighted by atomic mass is 16.5. The molecule has 0 saturated heterocycles. The van der Waals surface area contributed by atoms with Crippen molar-refractivity contribution in [1.82, 2.24) is 5.16 Å². The van der Waals surface area contributed by atoms with Gasteiger partial charge < -0.3 is 19.9 Å². The fourth-order valence-electron chi connectivity index (χ4n) is 2.44. The summed E-state index contributed by atoms with van der Waals surface area (Å²) in [7, 11) is 1.28. The van der Waals surface area contributed by atoms with E-state index in [9.17, 15) is 14.4 Å². The van der Waals surface area contributed by atoms with Crippen molar-refractivity contribution < 1.29 is 23.6 Å². The largest absolute Gasteiger partial charge is 0.465 e. The second-order valence-electron chi connectivity index (χ2n) is 5.89. The summed E-state index contributed by atoms with van der Waals surface area (Å²) in [4.78, 5) is 36.5. The highest BCUT2D eigenvalue weighted by Gasteiger charge is 2.56. The van der Waals surface area contributed by atoms with Gasteiger partial charge in [-0.3, -0.25) is 9.59 Å². The molecule has 1 saturated carbocycles. The molecule has 1 aliphatic rings. The lowest BCUT2D eigenvalue weighted by atomic mass is 10.0. The first kappa shape index (κ1) is 16.7. The molecule has 2 N–H and O–H groups in total. The Hall–Kier alpha value is -3.16. The molecule has 8 heteroatoms. The Morgan fingerprint density at radius 2 is 1.88 bits per heavy atom. The van der Waals surface area contributed by atoms with Crippen molar-refractivity contribution in [3.63, 3.8) is 0 Å². The van der Waals surface area contributed by atoms with Crippen LogP contribution in [0.4, 0.5) is 11.5 Å². The zero-order valence-corrected chi connectivity index (χ0v) is 13.8. The van der Waals surface area contributed by atoms with Crippen molar-refractivity contribution >= 4 is 29.3 Å². The number of hydrogen-bond donors (Lipinski definition) is 2. The molecule has 0 atom stereocenters. The smallest absolute Gasteiger partial charge is 0.337 e. The Labute approximate surface area is 143 Å². The van der Waals surface area contributed by atoms with Crippen LogP contribution >= 0.6 is 0 Å². The molecule has 1 aromatic heterocycles. The van der Waals surface area contributed by atoms with Crippen molar-refractivity contribution in [3.8, 4) is 0 Å². The number of aromatic nitrogens is 1. The number of rotatable bonds is 5. The third kappa shape index (κ3) is 3.37. The zero-order valence-electron chi connectivity index (χ0n) is 13.8. The number of carbonyl (C=O) groups is 3. The lowest BCUT2D eigenvalue weighted by Gasteiger charge is -2.14. The number of ether oxygens (including phenoxy) is 1. The average Bonchev–Trinajstić information content (AvgIpc) is 3.33. The molecule has 1 heterocycles. The van der Waals surface area contributed by atoms with Crippen LogP contribution in [0.5, 0.6) is 0 Å². The van der Waals surface area contributed by atoms with E-state index in [0.29, 0.717) is 29.9 Å². The minimum atomic E-state index is -1.13. The molecule has 0 bridgehead atoms. The van der Waals surface area contributed by atoms with Crippen LogP contribution in [0.15, 0.2) is 34.9 Å². The Bertz CT molecular complexity index is 838. The number of carbonyl (C=O) groups excluding carboxylic acids is 3. The maximum Gasteiger partial charge on any atom is 0.337 e. The van der Waals surface area contributed by atoms with E-state index in [-0.39, 0.29) is 5.82 Å². The highest BCUT2D eigenvalue weighted by molar-refractivity contribution is 6.16. The number of aryl methyl sites for hydroxylation is 1. The summed E-state index contributed by atoms with van der Waals surface area (Å²) < 4.78 is 9.54. The second-order valence-corrected chi connectivity index (χ2v) is 5.89. The molecule has 25 heavy (non-hydrogen) atoms. The highest BCUT2D eigenvalue weighted by Crippen LogP contribution is 2.47. The Morgan fingerprint density at radius 1 is 1.16 bits per heavy atom. The summed E-state index contributed by atoms with van der Waals surface area (Å²) >= 11 is 0.